The minimum absolute atomic E-state index is 0.0505. The third-order valence-electron chi connectivity index (χ3n) is 1.63. The molecule has 0 spiro atoms. The van der Waals surface area contributed by atoms with E-state index in [0.29, 0.717) is 6.61 Å². The highest BCUT2D eigenvalue weighted by Gasteiger charge is 2.12. The van der Waals surface area contributed by atoms with Crippen molar-refractivity contribution in [3.63, 3.8) is 0 Å². The summed E-state index contributed by atoms with van der Waals surface area (Å²) in [6.45, 7) is 4.23. The Labute approximate surface area is 97.7 Å². The molecule has 0 saturated heterocycles. The Kier molecular flexibility index (Phi) is 4.64. The zero-order chi connectivity index (χ0) is 12.1. The quantitative estimate of drug-likeness (QED) is 0.655. The van der Waals surface area contributed by atoms with Crippen LogP contribution in [-0.4, -0.2) is 17.5 Å². The molecule has 0 bridgehead atoms. The maximum Gasteiger partial charge on any atom is 0.278 e. The number of pyridine rings is 1. The third-order valence-corrected chi connectivity index (χ3v) is 1.93. The fourth-order valence-corrected chi connectivity index (χ4v) is 1.10. The molecule has 0 fully saturated rings. The third kappa shape index (κ3) is 3.75. The van der Waals surface area contributed by atoms with E-state index in [1.54, 1.807) is 0 Å². The molecule has 1 heterocycles. The summed E-state index contributed by atoms with van der Waals surface area (Å²) in [6.07, 6.45) is 0.939. The second-order valence-corrected chi connectivity index (χ2v) is 3.99. The van der Waals surface area contributed by atoms with Crippen LogP contribution in [0.2, 0.25) is 5.15 Å². The van der Waals surface area contributed by atoms with E-state index in [4.69, 9.17) is 16.4 Å². The SMILES string of the molecule is CC(C)CONC(=O)c1cc(F)cnc1Cl. The lowest BCUT2D eigenvalue weighted by atomic mass is 10.2. The molecule has 0 radical (unpaired) electrons. The predicted octanol–water partition coefficient (Wildman–Crippen LogP) is 2.19. The number of aromatic nitrogens is 1. The monoisotopic (exact) mass is 246 g/mol. The molecule has 1 aromatic rings. The van der Waals surface area contributed by atoms with Crippen LogP contribution in [0.5, 0.6) is 0 Å². The van der Waals surface area contributed by atoms with E-state index in [-0.39, 0.29) is 16.6 Å². The number of carbonyl (C=O) groups excluding carboxylic acids is 1. The lowest BCUT2D eigenvalue weighted by Crippen LogP contribution is -2.26. The molecule has 0 aliphatic carbocycles. The summed E-state index contributed by atoms with van der Waals surface area (Å²) in [5, 5.41) is -0.0629. The van der Waals surface area contributed by atoms with Gasteiger partial charge >= 0.3 is 0 Å². The van der Waals surface area contributed by atoms with Crippen molar-refractivity contribution in [2.75, 3.05) is 6.61 Å². The zero-order valence-electron chi connectivity index (χ0n) is 8.96. The van der Waals surface area contributed by atoms with Crippen molar-refractivity contribution in [3.8, 4) is 0 Å². The minimum atomic E-state index is -0.626. The van der Waals surface area contributed by atoms with Crippen molar-refractivity contribution >= 4 is 17.5 Å². The molecule has 4 nitrogen and oxygen atoms in total. The molecular formula is C10H12ClFN2O2. The van der Waals surface area contributed by atoms with Crippen LogP contribution in [0.15, 0.2) is 12.3 Å². The van der Waals surface area contributed by atoms with E-state index in [1.807, 2.05) is 13.8 Å². The fraction of sp³-hybridized carbons (Fsp3) is 0.400. The summed E-state index contributed by atoms with van der Waals surface area (Å²) in [7, 11) is 0. The summed E-state index contributed by atoms with van der Waals surface area (Å²) in [6, 6.07) is 1.00. The van der Waals surface area contributed by atoms with E-state index < -0.39 is 11.7 Å². The number of nitrogens with one attached hydrogen (secondary N) is 1. The molecule has 1 amide bonds. The van der Waals surface area contributed by atoms with Gasteiger partial charge in [-0.25, -0.2) is 14.9 Å². The highest BCUT2D eigenvalue weighted by atomic mass is 35.5. The molecule has 1 N–H and O–H groups in total. The molecule has 0 saturated carbocycles. The Morgan fingerprint density at radius 3 is 3.00 bits per heavy atom. The minimum Gasteiger partial charge on any atom is -0.273 e. The highest BCUT2D eigenvalue weighted by molar-refractivity contribution is 6.32. The molecular weight excluding hydrogens is 235 g/mol. The summed E-state index contributed by atoms with van der Waals surface area (Å²) < 4.78 is 12.8. The van der Waals surface area contributed by atoms with Gasteiger partial charge in [-0.15, -0.1) is 0 Å². The van der Waals surface area contributed by atoms with Crippen molar-refractivity contribution in [1.82, 2.24) is 10.5 Å². The van der Waals surface area contributed by atoms with Crippen LogP contribution in [0.4, 0.5) is 4.39 Å². The largest absolute Gasteiger partial charge is 0.278 e. The Hall–Kier alpha value is -1.20. The summed E-state index contributed by atoms with van der Waals surface area (Å²) in [4.78, 5) is 19.9. The number of amides is 1. The van der Waals surface area contributed by atoms with Crippen LogP contribution in [0, 0.1) is 11.7 Å². The van der Waals surface area contributed by atoms with Crippen LogP contribution in [0.25, 0.3) is 0 Å². The van der Waals surface area contributed by atoms with Crippen LogP contribution in [0.3, 0.4) is 0 Å². The highest BCUT2D eigenvalue weighted by Crippen LogP contribution is 2.13. The number of hydrogen-bond acceptors (Lipinski definition) is 3. The predicted molar refractivity (Wildman–Crippen MR) is 57.5 cm³/mol. The van der Waals surface area contributed by atoms with Crippen molar-refractivity contribution < 1.29 is 14.0 Å². The number of carbonyl (C=O) groups is 1. The molecule has 0 aliphatic rings. The first kappa shape index (κ1) is 12.9. The lowest BCUT2D eigenvalue weighted by Gasteiger charge is -2.08. The second kappa shape index (κ2) is 5.77. The number of hydrogen-bond donors (Lipinski definition) is 1. The topological polar surface area (TPSA) is 51.2 Å². The van der Waals surface area contributed by atoms with Crippen molar-refractivity contribution in [1.29, 1.82) is 0 Å². The second-order valence-electron chi connectivity index (χ2n) is 3.63. The Morgan fingerprint density at radius 1 is 1.69 bits per heavy atom. The van der Waals surface area contributed by atoms with Gasteiger partial charge in [0.2, 0.25) is 0 Å². The average Bonchev–Trinajstić information content (AvgIpc) is 2.21. The molecule has 0 aliphatic heterocycles. The van der Waals surface area contributed by atoms with Gasteiger partial charge in [0, 0.05) is 0 Å². The normalized spacial score (nSPS) is 10.6. The van der Waals surface area contributed by atoms with Gasteiger partial charge in [0.05, 0.1) is 18.4 Å². The number of rotatable bonds is 4. The first-order valence-electron chi connectivity index (χ1n) is 4.74. The van der Waals surface area contributed by atoms with Crippen molar-refractivity contribution in [2.24, 2.45) is 5.92 Å². The standard InChI is InChI=1S/C10H12ClFN2O2/c1-6(2)5-16-14-10(15)8-3-7(12)4-13-9(8)11/h3-4,6H,5H2,1-2H3,(H,14,15). The van der Waals surface area contributed by atoms with E-state index >= 15 is 0 Å². The molecule has 88 valence electrons. The Bertz CT molecular complexity index is 385. The number of halogens is 2. The van der Waals surface area contributed by atoms with Crippen LogP contribution < -0.4 is 5.48 Å². The maximum atomic E-state index is 12.8. The van der Waals surface area contributed by atoms with Crippen molar-refractivity contribution in [3.05, 3.63) is 28.8 Å². The van der Waals surface area contributed by atoms with Gasteiger partial charge in [0.15, 0.2) is 0 Å². The Morgan fingerprint density at radius 2 is 2.38 bits per heavy atom. The number of nitrogens with zero attached hydrogens (tertiary/aromatic N) is 1. The van der Waals surface area contributed by atoms with E-state index in [1.165, 1.54) is 0 Å². The van der Waals surface area contributed by atoms with Gasteiger partial charge in [0.1, 0.15) is 11.0 Å². The summed E-state index contributed by atoms with van der Waals surface area (Å²) >= 11 is 5.64. The van der Waals surface area contributed by atoms with Gasteiger partial charge in [-0.1, -0.05) is 25.4 Å². The van der Waals surface area contributed by atoms with Gasteiger partial charge in [-0.05, 0) is 12.0 Å². The van der Waals surface area contributed by atoms with Crippen LogP contribution in [0.1, 0.15) is 24.2 Å². The number of hydroxylamine groups is 1. The fourth-order valence-electron chi connectivity index (χ4n) is 0.911. The molecule has 1 aromatic heterocycles. The summed E-state index contributed by atoms with van der Waals surface area (Å²) in [5.74, 6) is -0.961. The summed E-state index contributed by atoms with van der Waals surface area (Å²) in [5.41, 5.74) is 2.12. The van der Waals surface area contributed by atoms with Gasteiger partial charge in [-0.2, -0.15) is 0 Å². The van der Waals surface area contributed by atoms with Crippen LogP contribution >= 0.6 is 11.6 Å². The first-order valence-corrected chi connectivity index (χ1v) is 5.11. The van der Waals surface area contributed by atoms with Crippen molar-refractivity contribution in [2.45, 2.75) is 13.8 Å². The molecule has 1 rings (SSSR count). The molecule has 0 aromatic carbocycles. The van der Waals surface area contributed by atoms with E-state index in [0.717, 1.165) is 12.3 Å². The van der Waals surface area contributed by atoms with Gasteiger partial charge < -0.3 is 0 Å². The van der Waals surface area contributed by atoms with E-state index in [9.17, 15) is 9.18 Å². The van der Waals surface area contributed by atoms with Gasteiger partial charge in [-0.3, -0.25) is 9.63 Å². The zero-order valence-corrected chi connectivity index (χ0v) is 9.71. The van der Waals surface area contributed by atoms with Gasteiger partial charge in [0.25, 0.3) is 5.91 Å². The average molecular weight is 247 g/mol. The Balaban J connectivity index is 2.62. The molecule has 0 unspecified atom stereocenters. The smallest absolute Gasteiger partial charge is 0.273 e. The lowest BCUT2D eigenvalue weighted by molar-refractivity contribution is 0.0208. The van der Waals surface area contributed by atoms with E-state index in [2.05, 4.69) is 10.5 Å². The molecule has 16 heavy (non-hydrogen) atoms. The first-order chi connectivity index (χ1) is 7.50. The molecule has 6 heteroatoms. The maximum absolute atomic E-state index is 12.8. The van der Waals surface area contributed by atoms with Crippen LogP contribution in [-0.2, 0) is 4.84 Å². The molecule has 0 atom stereocenters.